The highest BCUT2D eigenvalue weighted by Crippen LogP contribution is 2.24. The molecular weight excluding hydrogens is 294 g/mol. The first kappa shape index (κ1) is 15.7. The van der Waals surface area contributed by atoms with Gasteiger partial charge in [0.1, 0.15) is 0 Å². The number of likely N-dealkylation sites (N-methyl/N-ethyl adjacent to an activating group) is 1. The third-order valence-corrected chi connectivity index (χ3v) is 3.86. The maximum Gasteiger partial charge on any atom is 0.231 e. The van der Waals surface area contributed by atoms with Crippen LogP contribution in [0.2, 0.25) is 0 Å². The van der Waals surface area contributed by atoms with E-state index >= 15 is 0 Å². The second-order valence-corrected chi connectivity index (χ2v) is 6.70. The molecule has 2 rings (SSSR count). The van der Waals surface area contributed by atoms with Gasteiger partial charge in [0.25, 0.3) is 0 Å². The lowest BCUT2D eigenvalue weighted by molar-refractivity contribution is -0.120. The van der Waals surface area contributed by atoms with Crippen LogP contribution >= 0.6 is 0 Å². The molecule has 1 amide bonds. The number of amides is 1. The van der Waals surface area contributed by atoms with Crippen LogP contribution in [0.25, 0.3) is 0 Å². The topological polar surface area (TPSA) is 96.5 Å². The molecule has 2 unspecified atom stereocenters. The SMILES string of the molecule is CNC1COCC1C(=O)Nc1ccccc1NS(C)(=O)=O. The van der Waals surface area contributed by atoms with E-state index in [9.17, 15) is 13.2 Å². The van der Waals surface area contributed by atoms with Gasteiger partial charge in [0.2, 0.25) is 15.9 Å². The minimum atomic E-state index is -3.41. The normalized spacial score (nSPS) is 22.0. The Morgan fingerprint density at radius 2 is 1.90 bits per heavy atom. The van der Waals surface area contributed by atoms with Crippen molar-refractivity contribution in [1.82, 2.24) is 5.32 Å². The van der Waals surface area contributed by atoms with Crippen LogP contribution in [0.1, 0.15) is 0 Å². The molecule has 2 atom stereocenters. The number of carbonyl (C=O) groups is 1. The fraction of sp³-hybridized carbons (Fsp3) is 0.462. The molecule has 0 radical (unpaired) electrons. The Labute approximate surface area is 124 Å². The summed E-state index contributed by atoms with van der Waals surface area (Å²) in [7, 11) is -1.63. The summed E-state index contributed by atoms with van der Waals surface area (Å²) in [6.07, 6.45) is 1.06. The van der Waals surface area contributed by atoms with Crippen LogP contribution in [-0.4, -0.2) is 46.9 Å². The van der Waals surface area contributed by atoms with Gasteiger partial charge < -0.3 is 15.4 Å². The quantitative estimate of drug-likeness (QED) is 0.723. The number of ether oxygens (including phenoxy) is 1. The highest BCUT2D eigenvalue weighted by Gasteiger charge is 2.33. The second kappa shape index (κ2) is 6.42. The molecule has 1 fully saturated rings. The smallest absolute Gasteiger partial charge is 0.231 e. The molecule has 1 saturated heterocycles. The van der Waals surface area contributed by atoms with Gasteiger partial charge in [0.05, 0.1) is 36.8 Å². The van der Waals surface area contributed by atoms with Gasteiger partial charge >= 0.3 is 0 Å². The van der Waals surface area contributed by atoms with Crippen molar-refractivity contribution in [3.05, 3.63) is 24.3 Å². The van der Waals surface area contributed by atoms with Gasteiger partial charge in [-0.25, -0.2) is 8.42 Å². The Balaban J connectivity index is 2.14. The molecule has 7 nitrogen and oxygen atoms in total. The van der Waals surface area contributed by atoms with Crippen LogP contribution in [0.3, 0.4) is 0 Å². The average molecular weight is 313 g/mol. The molecule has 0 aliphatic carbocycles. The van der Waals surface area contributed by atoms with Crippen LogP contribution in [-0.2, 0) is 19.6 Å². The summed E-state index contributed by atoms with van der Waals surface area (Å²) in [5, 5.41) is 5.79. The van der Waals surface area contributed by atoms with Crippen LogP contribution in [0.4, 0.5) is 11.4 Å². The van der Waals surface area contributed by atoms with E-state index in [1.54, 1.807) is 31.3 Å². The van der Waals surface area contributed by atoms with Gasteiger partial charge in [-0.3, -0.25) is 9.52 Å². The zero-order chi connectivity index (χ0) is 15.5. The van der Waals surface area contributed by atoms with E-state index < -0.39 is 10.0 Å². The number of benzene rings is 1. The maximum atomic E-state index is 12.3. The third kappa shape index (κ3) is 4.16. The van der Waals surface area contributed by atoms with Crippen LogP contribution in [0, 0.1) is 5.92 Å². The second-order valence-electron chi connectivity index (χ2n) is 4.95. The Morgan fingerprint density at radius 3 is 2.52 bits per heavy atom. The zero-order valence-corrected chi connectivity index (χ0v) is 12.7. The minimum absolute atomic E-state index is 0.0416. The van der Waals surface area contributed by atoms with Crippen molar-refractivity contribution in [3.63, 3.8) is 0 Å². The van der Waals surface area contributed by atoms with Crippen molar-refractivity contribution in [3.8, 4) is 0 Å². The number of nitrogens with one attached hydrogen (secondary N) is 3. The highest BCUT2D eigenvalue weighted by molar-refractivity contribution is 7.92. The molecule has 1 aromatic carbocycles. The first-order chi connectivity index (χ1) is 9.90. The maximum absolute atomic E-state index is 12.3. The van der Waals surface area contributed by atoms with Crippen molar-refractivity contribution in [1.29, 1.82) is 0 Å². The number of hydrogen-bond acceptors (Lipinski definition) is 5. The molecule has 21 heavy (non-hydrogen) atoms. The molecule has 0 aromatic heterocycles. The van der Waals surface area contributed by atoms with Crippen molar-refractivity contribution in [2.75, 3.05) is 36.6 Å². The van der Waals surface area contributed by atoms with Crippen LogP contribution < -0.4 is 15.4 Å². The standard InChI is InChI=1S/C13H19N3O4S/c1-14-12-8-20-7-9(12)13(17)15-10-5-3-4-6-11(10)16-21(2,18)19/h3-6,9,12,14,16H,7-8H2,1-2H3,(H,15,17). The molecule has 116 valence electrons. The van der Waals surface area contributed by atoms with E-state index in [2.05, 4.69) is 15.4 Å². The number of sulfonamides is 1. The first-order valence-electron chi connectivity index (χ1n) is 6.53. The van der Waals surface area contributed by atoms with E-state index in [0.717, 1.165) is 6.26 Å². The molecule has 1 aliphatic heterocycles. The van der Waals surface area contributed by atoms with Gasteiger partial charge in [0.15, 0.2) is 0 Å². The van der Waals surface area contributed by atoms with Crippen molar-refractivity contribution >= 4 is 27.3 Å². The third-order valence-electron chi connectivity index (χ3n) is 3.27. The monoisotopic (exact) mass is 313 g/mol. The summed E-state index contributed by atoms with van der Waals surface area (Å²) >= 11 is 0. The molecular formula is C13H19N3O4S. The van der Waals surface area contributed by atoms with Crippen LogP contribution in [0.5, 0.6) is 0 Å². The summed E-state index contributed by atoms with van der Waals surface area (Å²) in [6, 6.07) is 6.62. The number of hydrogen-bond donors (Lipinski definition) is 3. The van der Waals surface area contributed by atoms with E-state index in [4.69, 9.17) is 4.74 Å². The molecule has 1 heterocycles. The predicted molar refractivity (Wildman–Crippen MR) is 80.7 cm³/mol. The van der Waals surface area contributed by atoms with Crippen molar-refractivity contribution in [2.24, 2.45) is 5.92 Å². The number of rotatable bonds is 5. The largest absolute Gasteiger partial charge is 0.379 e. The molecule has 3 N–H and O–H groups in total. The molecule has 1 aromatic rings. The lowest BCUT2D eigenvalue weighted by atomic mass is 10.0. The Bertz CT molecular complexity index is 618. The number of para-hydroxylation sites is 2. The number of carbonyl (C=O) groups excluding carboxylic acids is 1. The van der Waals surface area contributed by atoms with Gasteiger partial charge in [-0.1, -0.05) is 12.1 Å². The summed E-state index contributed by atoms with van der Waals surface area (Å²) in [5.41, 5.74) is 0.767. The molecule has 0 bridgehead atoms. The van der Waals surface area contributed by atoms with Gasteiger partial charge in [0, 0.05) is 6.04 Å². The zero-order valence-electron chi connectivity index (χ0n) is 11.9. The minimum Gasteiger partial charge on any atom is -0.379 e. The van der Waals surface area contributed by atoms with E-state index in [-0.39, 0.29) is 17.9 Å². The molecule has 8 heteroatoms. The molecule has 0 saturated carbocycles. The van der Waals surface area contributed by atoms with Gasteiger partial charge in [-0.05, 0) is 19.2 Å². The Hall–Kier alpha value is -1.64. The van der Waals surface area contributed by atoms with Crippen molar-refractivity contribution in [2.45, 2.75) is 6.04 Å². The van der Waals surface area contributed by atoms with E-state index in [1.807, 2.05) is 0 Å². The Morgan fingerprint density at radius 1 is 1.24 bits per heavy atom. The Kier molecular flexibility index (Phi) is 4.81. The van der Waals surface area contributed by atoms with Crippen LogP contribution in [0.15, 0.2) is 24.3 Å². The predicted octanol–water partition coefficient (Wildman–Crippen LogP) is 0.231. The summed E-state index contributed by atoms with van der Waals surface area (Å²) in [5.74, 6) is -0.504. The fourth-order valence-electron chi connectivity index (χ4n) is 2.20. The molecule has 0 spiro atoms. The average Bonchev–Trinajstić information content (AvgIpc) is 2.87. The summed E-state index contributed by atoms with van der Waals surface area (Å²) in [6.45, 7) is 0.830. The first-order valence-corrected chi connectivity index (χ1v) is 8.42. The fourth-order valence-corrected chi connectivity index (χ4v) is 2.78. The van der Waals surface area contributed by atoms with E-state index in [1.165, 1.54) is 0 Å². The summed E-state index contributed by atoms with van der Waals surface area (Å²) in [4.78, 5) is 12.3. The number of anilines is 2. The highest BCUT2D eigenvalue weighted by atomic mass is 32.2. The summed E-state index contributed by atoms with van der Waals surface area (Å²) < 4.78 is 30.4. The van der Waals surface area contributed by atoms with Crippen molar-refractivity contribution < 1.29 is 17.9 Å². The van der Waals surface area contributed by atoms with Gasteiger partial charge in [-0.2, -0.15) is 0 Å². The van der Waals surface area contributed by atoms with E-state index in [0.29, 0.717) is 24.6 Å². The van der Waals surface area contributed by atoms with Gasteiger partial charge in [-0.15, -0.1) is 0 Å². The molecule has 1 aliphatic rings. The lowest BCUT2D eigenvalue weighted by Crippen LogP contribution is -2.39. The lowest BCUT2D eigenvalue weighted by Gasteiger charge is -2.18.